The number of carbonyl (C=O) groups excluding carboxylic acids is 3. The molecule has 1 fully saturated rings. The number of carboxylic acid groups (broad SMARTS) is 2. The number of aromatic nitrogens is 2. The second kappa shape index (κ2) is 11.1. The number of aromatic amines is 1. The summed E-state index contributed by atoms with van der Waals surface area (Å²) in [6.07, 6.45) is 3.08. The Morgan fingerprint density at radius 1 is 1.23 bits per heavy atom. The van der Waals surface area contributed by atoms with E-state index in [1.807, 2.05) is 0 Å². The fraction of sp³-hybridized carbons (Fsp3) is 0.556. The standard InChI is InChI=1S/C18H26N6O7/c19-7-14(25)22-11(3-4-15(26)27)16(28)23-12(6-10-8-20-9-21-10)17(29)24-5-1-2-13(24)18(30)31/h8-9,11-13H,1-7,19H2,(H,20,21)(H,22,25)(H,23,28)(H,26,27)(H,30,31). The van der Waals surface area contributed by atoms with Gasteiger partial charge in [-0.3, -0.25) is 19.2 Å². The van der Waals surface area contributed by atoms with Crippen LogP contribution in [0.1, 0.15) is 31.4 Å². The molecular weight excluding hydrogens is 412 g/mol. The van der Waals surface area contributed by atoms with E-state index in [0.717, 1.165) is 0 Å². The van der Waals surface area contributed by atoms with Crippen molar-refractivity contribution in [3.05, 3.63) is 18.2 Å². The molecule has 0 saturated carbocycles. The average Bonchev–Trinajstić information content (AvgIpc) is 3.41. The summed E-state index contributed by atoms with van der Waals surface area (Å²) < 4.78 is 0. The number of hydrogen-bond donors (Lipinski definition) is 6. The number of carboxylic acids is 2. The Balaban J connectivity index is 2.20. The molecule has 2 heterocycles. The van der Waals surface area contributed by atoms with Crippen molar-refractivity contribution in [3.8, 4) is 0 Å². The van der Waals surface area contributed by atoms with Crippen molar-refractivity contribution >= 4 is 29.7 Å². The van der Waals surface area contributed by atoms with Crippen LogP contribution in [0.2, 0.25) is 0 Å². The van der Waals surface area contributed by atoms with Gasteiger partial charge in [0.25, 0.3) is 0 Å². The van der Waals surface area contributed by atoms with Crippen LogP contribution in [-0.4, -0.2) is 86.0 Å². The quantitative estimate of drug-likeness (QED) is 0.222. The molecule has 3 unspecified atom stereocenters. The molecule has 1 aliphatic rings. The molecule has 1 aromatic heterocycles. The number of nitrogens with two attached hydrogens (primary N) is 1. The van der Waals surface area contributed by atoms with E-state index >= 15 is 0 Å². The summed E-state index contributed by atoms with van der Waals surface area (Å²) in [6.45, 7) is -0.168. The van der Waals surface area contributed by atoms with Crippen molar-refractivity contribution in [2.45, 2.75) is 50.2 Å². The first-order valence-corrected chi connectivity index (χ1v) is 9.75. The molecule has 0 aromatic carbocycles. The molecule has 31 heavy (non-hydrogen) atoms. The molecule has 3 atom stereocenters. The Morgan fingerprint density at radius 2 is 1.97 bits per heavy atom. The highest BCUT2D eigenvalue weighted by molar-refractivity contribution is 5.94. The number of aliphatic carboxylic acids is 2. The molecule has 3 amide bonds. The molecule has 13 nitrogen and oxygen atoms in total. The van der Waals surface area contributed by atoms with Gasteiger partial charge in [0.15, 0.2) is 0 Å². The van der Waals surface area contributed by atoms with Crippen LogP contribution >= 0.6 is 0 Å². The minimum atomic E-state index is -1.22. The van der Waals surface area contributed by atoms with Gasteiger partial charge in [-0.2, -0.15) is 0 Å². The second-order valence-corrected chi connectivity index (χ2v) is 7.13. The molecular formula is C18H26N6O7. The molecule has 1 aliphatic heterocycles. The van der Waals surface area contributed by atoms with E-state index in [9.17, 15) is 29.1 Å². The number of hydrogen-bond acceptors (Lipinski definition) is 7. The zero-order valence-electron chi connectivity index (χ0n) is 16.7. The fourth-order valence-corrected chi connectivity index (χ4v) is 3.37. The zero-order chi connectivity index (χ0) is 23.0. The molecule has 0 bridgehead atoms. The van der Waals surface area contributed by atoms with Gasteiger partial charge in [-0.1, -0.05) is 0 Å². The maximum atomic E-state index is 13.1. The van der Waals surface area contributed by atoms with Crippen molar-refractivity contribution < 1.29 is 34.2 Å². The molecule has 13 heteroatoms. The van der Waals surface area contributed by atoms with Gasteiger partial charge in [0.05, 0.1) is 12.9 Å². The van der Waals surface area contributed by atoms with E-state index < -0.39 is 60.8 Å². The zero-order valence-corrected chi connectivity index (χ0v) is 16.7. The number of carbonyl (C=O) groups is 5. The number of imidazole rings is 1. The summed E-state index contributed by atoms with van der Waals surface area (Å²) >= 11 is 0. The number of nitrogens with zero attached hydrogens (tertiary/aromatic N) is 2. The number of rotatable bonds is 11. The van der Waals surface area contributed by atoms with E-state index in [-0.39, 0.29) is 19.4 Å². The lowest BCUT2D eigenvalue weighted by molar-refractivity contribution is -0.149. The highest BCUT2D eigenvalue weighted by Gasteiger charge is 2.38. The first kappa shape index (κ1) is 23.8. The Kier molecular flexibility index (Phi) is 8.49. The number of amides is 3. The highest BCUT2D eigenvalue weighted by Crippen LogP contribution is 2.19. The van der Waals surface area contributed by atoms with E-state index in [2.05, 4.69) is 20.6 Å². The largest absolute Gasteiger partial charge is 0.481 e. The van der Waals surface area contributed by atoms with E-state index in [4.69, 9.17) is 10.8 Å². The van der Waals surface area contributed by atoms with E-state index in [1.165, 1.54) is 17.4 Å². The van der Waals surface area contributed by atoms with Gasteiger partial charge in [-0.15, -0.1) is 0 Å². The molecule has 7 N–H and O–H groups in total. The van der Waals surface area contributed by atoms with Crippen LogP contribution in [0.15, 0.2) is 12.5 Å². The minimum absolute atomic E-state index is 0.00387. The van der Waals surface area contributed by atoms with Crippen molar-refractivity contribution in [1.82, 2.24) is 25.5 Å². The summed E-state index contributed by atoms with van der Waals surface area (Å²) in [7, 11) is 0. The normalized spacial score (nSPS) is 17.6. The Bertz CT molecular complexity index is 812. The third-order valence-electron chi connectivity index (χ3n) is 4.90. The molecule has 1 saturated heterocycles. The van der Waals surface area contributed by atoms with Crippen molar-refractivity contribution in [1.29, 1.82) is 0 Å². The lowest BCUT2D eigenvalue weighted by Gasteiger charge is -2.28. The van der Waals surface area contributed by atoms with Crippen LogP contribution < -0.4 is 16.4 Å². The molecule has 1 aromatic rings. The molecule has 170 valence electrons. The lowest BCUT2D eigenvalue weighted by atomic mass is 10.1. The van der Waals surface area contributed by atoms with E-state index in [0.29, 0.717) is 18.5 Å². The summed E-state index contributed by atoms with van der Waals surface area (Å²) in [6, 6.07) is -3.36. The summed E-state index contributed by atoms with van der Waals surface area (Å²) in [4.78, 5) is 67.8. The van der Waals surface area contributed by atoms with Gasteiger partial charge in [0.2, 0.25) is 17.7 Å². The molecule has 2 rings (SSSR count). The molecule has 0 aliphatic carbocycles. The van der Waals surface area contributed by atoms with Crippen LogP contribution in [-0.2, 0) is 30.4 Å². The van der Waals surface area contributed by atoms with Crippen LogP contribution in [0.4, 0.5) is 0 Å². The van der Waals surface area contributed by atoms with Crippen molar-refractivity contribution in [3.63, 3.8) is 0 Å². The van der Waals surface area contributed by atoms with Crippen LogP contribution in [0.3, 0.4) is 0 Å². The Hall–Kier alpha value is -3.48. The first-order valence-electron chi connectivity index (χ1n) is 9.75. The topological polar surface area (TPSA) is 208 Å². The van der Waals surface area contributed by atoms with Crippen LogP contribution in [0.25, 0.3) is 0 Å². The minimum Gasteiger partial charge on any atom is -0.481 e. The summed E-state index contributed by atoms with van der Waals surface area (Å²) in [5.41, 5.74) is 5.78. The van der Waals surface area contributed by atoms with Gasteiger partial charge >= 0.3 is 11.9 Å². The third-order valence-corrected chi connectivity index (χ3v) is 4.90. The predicted octanol–water partition coefficient (Wildman–Crippen LogP) is -2.18. The Labute approximate surface area is 177 Å². The number of H-pyrrole nitrogens is 1. The SMILES string of the molecule is NCC(=O)NC(CCC(=O)O)C(=O)NC(Cc1cnc[nH]1)C(=O)N1CCCC1C(=O)O. The van der Waals surface area contributed by atoms with Crippen LogP contribution in [0, 0.1) is 0 Å². The first-order chi connectivity index (χ1) is 14.7. The molecule has 0 spiro atoms. The maximum Gasteiger partial charge on any atom is 0.326 e. The summed E-state index contributed by atoms with van der Waals surface area (Å²) in [5, 5.41) is 23.2. The van der Waals surface area contributed by atoms with Gasteiger partial charge < -0.3 is 36.5 Å². The lowest BCUT2D eigenvalue weighted by Crippen LogP contribution is -2.57. The van der Waals surface area contributed by atoms with Crippen LogP contribution in [0.5, 0.6) is 0 Å². The molecule has 0 radical (unpaired) electrons. The summed E-state index contributed by atoms with van der Waals surface area (Å²) in [5.74, 6) is -4.31. The smallest absolute Gasteiger partial charge is 0.326 e. The van der Waals surface area contributed by atoms with Gasteiger partial charge in [-0.25, -0.2) is 9.78 Å². The monoisotopic (exact) mass is 438 g/mol. The third kappa shape index (κ3) is 6.77. The van der Waals surface area contributed by atoms with Gasteiger partial charge in [0, 0.05) is 31.3 Å². The van der Waals surface area contributed by atoms with Crippen molar-refractivity contribution in [2.75, 3.05) is 13.1 Å². The number of nitrogens with one attached hydrogen (secondary N) is 3. The van der Waals surface area contributed by atoms with Gasteiger partial charge in [-0.05, 0) is 19.3 Å². The Morgan fingerprint density at radius 3 is 2.55 bits per heavy atom. The number of likely N-dealkylation sites (tertiary alicyclic amines) is 1. The van der Waals surface area contributed by atoms with E-state index in [1.54, 1.807) is 0 Å². The highest BCUT2D eigenvalue weighted by atomic mass is 16.4. The van der Waals surface area contributed by atoms with Crippen molar-refractivity contribution in [2.24, 2.45) is 5.73 Å². The van der Waals surface area contributed by atoms with Gasteiger partial charge in [0.1, 0.15) is 18.1 Å². The maximum absolute atomic E-state index is 13.1. The average molecular weight is 438 g/mol. The second-order valence-electron chi connectivity index (χ2n) is 7.13. The predicted molar refractivity (Wildman–Crippen MR) is 104 cm³/mol. The fourth-order valence-electron chi connectivity index (χ4n) is 3.37.